The predicted molar refractivity (Wildman–Crippen MR) is 78.8 cm³/mol. The molecular weight excluding hydrogens is 275 g/mol. The van der Waals surface area contributed by atoms with Crippen LogP contribution in [0.4, 0.5) is 13.2 Å². The summed E-state index contributed by atoms with van der Waals surface area (Å²) >= 11 is 0. The summed E-state index contributed by atoms with van der Waals surface area (Å²) in [5.74, 6) is 1.54. The summed E-state index contributed by atoms with van der Waals surface area (Å²) in [4.78, 5) is 0. The molecule has 0 aliphatic heterocycles. The van der Waals surface area contributed by atoms with Crippen molar-refractivity contribution >= 4 is 0 Å². The fraction of sp³-hybridized carbons (Fsp3) is 0.647. The van der Waals surface area contributed by atoms with E-state index in [9.17, 15) is 13.2 Å². The van der Waals surface area contributed by atoms with E-state index >= 15 is 0 Å². The van der Waals surface area contributed by atoms with Gasteiger partial charge in [0.25, 0.3) is 0 Å². The van der Waals surface area contributed by atoms with Crippen molar-refractivity contribution in [2.75, 3.05) is 0 Å². The summed E-state index contributed by atoms with van der Waals surface area (Å²) in [6, 6.07) is 5.77. The predicted octanol–water partition coefficient (Wildman–Crippen LogP) is 4.65. The SMILES string of the molecule is CC(C)C1CCC(N)C(Cc2cccc(C(F)(F)F)c2)C1. The average molecular weight is 299 g/mol. The minimum absolute atomic E-state index is 0.106. The molecule has 3 atom stereocenters. The highest BCUT2D eigenvalue weighted by atomic mass is 19.4. The van der Waals surface area contributed by atoms with Crippen molar-refractivity contribution in [2.24, 2.45) is 23.5 Å². The van der Waals surface area contributed by atoms with Gasteiger partial charge in [-0.05, 0) is 55.1 Å². The van der Waals surface area contributed by atoms with E-state index in [-0.39, 0.29) is 12.0 Å². The van der Waals surface area contributed by atoms with Crippen LogP contribution in [0.25, 0.3) is 0 Å². The van der Waals surface area contributed by atoms with Crippen molar-refractivity contribution < 1.29 is 13.2 Å². The van der Waals surface area contributed by atoms with Crippen LogP contribution in [-0.2, 0) is 12.6 Å². The standard InChI is InChI=1S/C17H24F3N/c1-11(2)13-6-7-16(21)14(10-13)8-12-4-3-5-15(9-12)17(18,19)20/h3-5,9,11,13-14,16H,6-8,10,21H2,1-2H3. The van der Waals surface area contributed by atoms with Crippen molar-refractivity contribution in [1.29, 1.82) is 0 Å². The molecule has 1 nitrogen and oxygen atoms in total. The Labute approximate surface area is 124 Å². The maximum absolute atomic E-state index is 12.8. The van der Waals surface area contributed by atoms with Gasteiger partial charge in [0, 0.05) is 6.04 Å². The largest absolute Gasteiger partial charge is 0.416 e. The van der Waals surface area contributed by atoms with Gasteiger partial charge in [0.1, 0.15) is 0 Å². The van der Waals surface area contributed by atoms with Gasteiger partial charge in [0.15, 0.2) is 0 Å². The molecule has 0 saturated heterocycles. The fourth-order valence-electron chi connectivity index (χ4n) is 3.34. The first-order valence-electron chi connectivity index (χ1n) is 7.69. The second-order valence-electron chi connectivity index (χ2n) is 6.64. The van der Waals surface area contributed by atoms with Crippen LogP contribution in [0.2, 0.25) is 0 Å². The highest BCUT2D eigenvalue weighted by molar-refractivity contribution is 5.26. The molecule has 118 valence electrons. The van der Waals surface area contributed by atoms with Crippen molar-refractivity contribution in [3.05, 3.63) is 35.4 Å². The lowest BCUT2D eigenvalue weighted by Crippen LogP contribution is -2.38. The number of benzene rings is 1. The van der Waals surface area contributed by atoms with E-state index in [4.69, 9.17) is 5.73 Å². The van der Waals surface area contributed by atoms with Gasteiger partial charge in [-0.15, -0.1) is 0 Å². The topological polar surface area (TPSA) is 26.0 Å². The first-order chi connectivity index (χ1) is 9.77. The van der Waals surface area contributed by atoms with Gasteiger partial charge < -0.3 is 5.73 Å². The molecule has 1 saturated carbocycles. The van der Waals surface area contributed by atoms with Crippen molar-refractivity contribution in [3.8, 4) is 0 Å². The molecule has 0 bridgehead atoms. The minimum Gasteiger partial charge on any atom is -0.327 e. The molecule has 1 aliphatic carbocycles. The number of alkyl halides is 3. The third-order valence-corrected chi connectivity index (χ3v) is 4.78. The first kappa shape index (κ1) is 16.3. The van der Waals surface area contributed by atoms with E-state index < -0.39 is 11.7 Å². The summed E-state index contributed by atoms with van der Waals surface area (Å²) in [5.41, 5.74) is 6.37. The van der Waals surface area contributed by atoms with E-state index in [1.54, 1.807) is 6.07 Å². The third-order valence-electron chi connectivity index (χ3n) is 4.78. The number of hydrogen-bond donors (Lipinski definition) is 1. The van der Waals surface area contributed by atoms with E-state index in [1.165, 1.54) is 12.1 Å². The quantitative estimate of drug-likeness (QED) is 0.864. The Bertz CT molecular complexity index is 467. The number of nitrogens with two attached hydrogens (primary N) is 1. The van der Waals surface area contributed by atoms with Crippen LogP contribution < -0.4 is 5.73 Å². The maximum Gasteiger partial charge on any atom is 0.416 e. The number of halogens is 3. The van der Waals surface area contributed by atoms with Crippen LogP contribution in [0.1, 0.15) is 44.2 Å². The van der Waals surface area contributed by atoms with Crippen molar-refractivity contribution in [2.45, 2.75) is 51.7 Å². The van der Waals surface area contributed by atoms with Crippen LogP contribution in [0.3, 0.4) is 0 Å². The second kappa shape index (κ2) is 6.39. The molecule has 0 radical (unpaired) electrons. The monoisotopic (exact) mass is 299 g/mol. The Morgan fingerprint density at radius 3 is 2.57 bits per heavy atom. The van der Waals surface area contributed by atoms with Crippen molar-refractivity contribution in [1.82, 2.24) is 0 Å². The molecule has 2 N–H and O–H groups in total. The normalized spacial score (nSPS) is 27.1. The molecule has 1 aromatic carbocycles. The molecule has 3 unspecified atom stereocenters. The van der Waals surface area contributed by atoms with Gasteiger partial charge >= 0.3 is 6.18 Å². The summed E-state index contributed by atoms with van der Waals surface area (Å²) in [6.45, 7) is 4.42. The van der Waals surface area contributed by atoms with Crippen LogP contribution in [0.15, 0.2) is 24.3 Å². The van der Waals surface area contributed by atoms with E-state index in [0.29, 0.717) is 18.3 Å². The molecule has 0 aromatic heterocycles. The molecular formula is C17H24F3N. The third kappa shape index (κ3) is 4.22. The minimum atomic E-state index is -4.27. The first-order valence-corrected chi connectivity index (χ1v) is 7.69. The zero-order valence-corrected chi connectivity index (χ0v) is 12.7. The molecule has 1 aliphatic rings. The van der Waals surface area contributed by atoms with Gasteiger partial charge in [0.05, 0.1) is 5.56 Å². The lowest BCUT2D eigenvalue weighted by molar-refractivity contribution is -0.137. The Hall–Kier alpha value is -1.03. The zero-order valence-electron chi connectivity index (χ0n) is 12.7. The van der Waals surface area contributed by atoms with Crippen LogP contribution in [0.5, 0.6) is 0 Å². The highest BCUT2D eigenvalue weighted by Gasteiger charge is 2.32. The highest BCUT2D eigenvalue weighted by Crippen LogP contribution is 2.36. The summed E-state index contributed by atoms with van der Waals surface area (Å²) < 4.78 is 38.3. The number of hydrogen-bond acceptors (Lipinski definition) is 1. The molecule has 4 heteroatoms. The molecule has 0 spiro atoms. The summed E-state index contributed by atoms with van der Waals surface area (Å²) in [7, 11) is 0. The van der Waals surface area contributed by atoms with Gasteiger partial charge in [-0.3, -0.25) is 0 Å². The molecule has 0 amide bonds. The van der Waals surface area contributed by atoms with Crippen LogP contribution >= 0.6 is 0 Å². The molecule has 2 rings (SSSR count). The summed E-state index contributed by atoms with van der Waals surface area (Å²) in [5, 5.41) is 0. The van der Waals surface area contributed by atoms with Crippen LogP contribution in [-0.4, -0.2) is 6.04 Å². The van der Waals surface area contributed by atoms with Gasteiger partial charge in [-0.1, -0.05) is 32.0 Å². The number of rotatable bonds is 3. The zero-order chi connectivity index (χ0) is 15.6. The summed E-state index contributed by atoms with van der Waals surface area (Å²) in [6.07, 6.45) is -0.487. The maximum atomic E-state index is 12.8. The Kier molecular flexibility index (Phi) is 4.97. The molecule has 21 heavy (non-hydrogen) atoms. The van der Waals surface area contributed by atoms with E-state index in [2.05, 4.69) is 13.8 Å². The average Bonchev–Trinajstić information content (AvgIpc) is 2.40. The lowest BCUT2D eigenvalue weighted by Gasteiger charge is -2.36. The van der Waals surface area contributed by atoms with Gasteiger partial charge in [-0.2, -0.15) is 13.2 Å². The smallest absolute Gasteiger partial charge is 0.327 e. The Morgan fingerprint density at radius 1 is 1.24 bits per heavy atom. The molecule has 0 heterocycles. The van der Waals surface area contributed by atoms with E-state index in [0.717, 1.165) is 30.9 Å². The lowest BCUT2D eigenvalue weighted by atomic mass is 9.72. The Morgan fingerprint density at radius 2 is 1.95 bits per heavy atom. The van der Waals surface area contributed by atoms with Crippen molar-refractivity contribution in [3.63, 3.8) is 0 Å². The van der Waals surface area contributed by atoms with Crippen LogP contribution in [0, 0.1) is 17.8 Å². The molecule has 1 fully saturated rings. The van der Waals surface area contributed by atoms with Gasteiger partial charge in [-0.25, -0.2) is 0 Å². The van der Waals surface area contributed by atoms with Gasteiger partial charge in [0.2, 0.25) is 0 Å². The molecule has 1 aromatic rings. The Balaban J connectivity index is 2.09. The van der Waals surface area contributed by atoms with E-state index in [1.807, 2.05) is 0 Å². The fourth-order valence-corrected chi connectivity index (χ4v) is 3.34. The second-order valence-corrected chi connectivity index (χ2v) is 6.64.